The van der Waals surface area contributed by atoms with Crippen molar-refractivity contribution in [3.63, 3.8) is 0 Å². The van der Waals surface area contributed by atoms with Gasteiger partial charge in [-0.1, -0.05) is 11.8 Å². The van der Waals surface area contributed by atoms with Crippen LogP contribution in [-0.4, -0.2) is 58.0 Å². The average Bonchev–Trinajstić information content (AvgIpc) is 3.06. The van der Waals surface area contributed by atoms with Gasteiger partial charge in [-0.25, -0.2) is 0 Å². The van der Waals surface area contributed by atoms with E-state index in [0.717, 1.165) is 37.0 Å². The highest BCUT2D eigenvalue weighted by molar-refractivity contribution is 8.00. The number of likely N-dealkylation sites (tertiary alicyclic amines) is 1. The Morgan fingerprint density at radius 1 is 1.19 bits per heavy atom. The lowest BCUT2D eigenvalue weighted by atomic mass is 10.4. The maximum atomic E-state index is 12.4. The zero-order chi connectivity index (χ0) is 15.6. The highest BCUT2D eigenvalue weighted by atomic mass is 32.2. The Morgan fingerprint density at radius 3 is 2.33 bits per heavy atom. The van der Waals surface area contributed by atoms with E-state index in [1.807, 2.05) is 30.8 Å². The molecule has 2 rings (SSSR count). The van der Waals surface area contributed by atoms with Gasteiger partial charge in [-0.05, 0) is 33.6 Å². The molecule has 1 aromatic heterocycles. The molecule has 6 nitrogen and oxygen atoms in total. The average molecular weight is 311 g/mol. The molecule has 1 amide bonds. The van der Waals surface area contributed by atoms with Crippen molar-refractivity contribution in [2.24, 2.45) is 0 Å². The summed E-state index contributed by atoms with van der Waals surface area (Å²) in [5, 5.41) is 9.20. The summed E-state index contributed by atoms with van der Waals surface area (Å²) in [4.78, 5) is 16.3. The van der Waals surface area contributed by atoms with Gasteiger partial charge in [-0.2, -0.15) is 0 Å². The summed E-state index contributed by atoms with van der Waals surface area (Å²) >= 11 is 1.50. The van der Waals surface area contributed by atoms with Crippen LogP contribution in [0, 0.1) is 0 Å². The van der Waals surface area contributed by atoms with E-state index in [4.69, 9.17) is 0 Å². The summed E-state index contributed by atoms with van der Waals surface area (Å²) in [7, 11) is 3.91. The van der Waals surface area contributed by atoms with Gasteiger partial charge in [0.25, 0.3) is 0 Å². The molecule has 1 aliphatic heterocycles. The summed E-state index contributed by atoms with van der Waals surface area (Å²) in [6.07, 6.45) is 2.24. The smallest absolute Gasteiger partial charge is 0.235 e. The van der Waals surface area contributed by atoms with Crippen molar-refractivity contribution in [2.75, 3.05) is 32.1 Å². The highest BCUT2D eigenvalue weighted by Gasteiger charge is 2.26. The normalized spacial score (nSPS) is 16.6. The predicted octanol–water partition coefficient (Wildman–Crippen LogP) is 2.03. The van der Waals surface area contributed by atoms with Crippen LogP contribution in [0.5, 0.6) is 0 Å². The van der Waals surface area contributed by atoms with Crippen LogP contribution in [0.15, 0.2) is 5.16 Å². The minimum Gasteiger partial charge on any atom is -0.347 e. The molecule has 0 radical (unpaired) electrons. The molecule has 1 saturated heterocycles. The van der Waals surface area contributed by atoms with E-state index in [1.54, 1.807) is 0 Å². The molecule has 0 aliphatic carbocycles. The fourth-order valence-electron chi connectivity index (χ4n) is 2.51. The molecule has 1 fully saturated rings. The SMILES string of the molecule is CC(Sc1nnc(N(C)C)n1C(C)C)C(=O)N1CCCC1. The number of aromatic nitrogens is 3. The summed E-state index contributed by atoms with van der Waals surface area (Å²) in [5.74, 6) is 1.04. The third-order valence-corrected chi connectivity index (χ3v) is 4.65. The Morgan fingerprint density at radius 2 is 1.81 bits per heavy atom. The molecule has 1 unspecified atom stereocenters. The Kier molecular flexibility index (Phi) is 5.13. The molecule has 1 atom stereocenters. The van der Waals surface area contributed by atoms with Crippen molar-refractivity contribution in [2.45, 2.75) is 50.1 Å². The van der Waals surface area contributed by atoms with Crippen LogP contribution in [0.4, 0.5) is 5.95 Å². The Hall–Kier alpha value is -1.24. The fourth-order valence-corrected chi connectivity index (χ4v) is 3.57. The van der Waals surface area contributed by atoms with Gasteiger partial charge >= 0.3 is 0 Å². The fraction of sp³-hybridized carbons (Fsp3) is 0.786. The maximum absolute atomic E-state index is 12.4. The first kappa shape index (κ1) is 16.1. The van der Waals surface area contributed by atoms with Crippen molar-refractivity contribution in [1.82, 2.24) is 19.7 Å². The molecule has 0 bridgehead atoms. The van der Waals surface area contributed by atoms with Crippen LogP contribution in [0.25, 0.3) is 0 Å². The number of thioether (sulfide) groups is 1. The van der Waals surface area contributed by atoms with E-state index in [0.29, 0.717) is 0 Å². The second-order valence-corrected chi connectivity index (χ2v) is 7.24. The van der Waals surface area contributed by atoms with Crippen LogP contribution in [0.1, 0.15) is 39.7 Å². The van der Waals surface area contributed by atoms with Crippen LogP contribution >= 0.6 is 11.8 Å². The van der Waals surface area contributed by atoms with Gasteiger partial charge in [0.1, 0.15) is 0 Å². The van der Waals surface area contributed by atoms with Crippen LogP contribution in [0.3, 0.4) is 0 Å². The van der Waals surface area contributed by atoms with Gasteiger partial charge < -0.3 is 9.80 Å². The van der Waals surface area contributed by atoms with Gasteiger partial charge in [-0.15, -0.1) is 10.2 Å². The lowest BCUT2D eigenvalue weighted by Crippen LogP contribution is -2.34. The summed E-state index contributed by atoms with van der Waals surface area (Å²) in [6, 6.07) is 0.258. The van der Waals surface area contributed by atoms with E-state index in [9.17, 15) is 4.79 Å². The third kappa shape index (κ3) is 3.51. The first-order valence-corrected chi connectivity index (χ1v) is 8.37. The van der Waals surface area contributed by atoms with Crippen molar-refractivity contribution in [3.8, 4) is 0 Å². The molecule has 0 spiro atoms. The Balaban J connectivity index is 2.13. The number of rotatable bonds is 5. The number of amides is 1. The summed E-state index contributed by atoms with van der Waals surface area (Å²) in [5.41, 5.74) is 0. The minimum absolute atomic E-state index is 0.125. The number of hydrogen-bond donors (Lipinski definition) is 0. The minimum atomic E-state index is -0.125. The van der Waals surface area contributed by atoms with Crippen molar-refractivity contribution in [1.29, 1.82) is 0 Å². The van der Waals surface area contributed by atoms with Gasteiger partial charge in [0.2, 0.25) is 11.9 Å². The van der Waals surface area contributed by atoms with E-state index in [1.165, 1.54) is 11.8 Å². The highest BCUT2D eigenvalue weighted by Crippen LogP contribution is 2.29. The molecular weight excluding hydrogens is 286 g/mol. The first-order valence-electron chi connectivity index (χ1n) is 7.49. The quantitative estimate of drug-likeness (QED) is 0.779. The topological polar surface area (TPSA) is 54.3 Å². The molecule has 1 aliphatic rings. The van der Waals surface area contributed by atoms with Crippen molar-refractivity contribution >= 4 is 23.6 Å². The molecule has 118 valence electrons. The van der Waals surface area contributed by atoms with Crippen LogP contribution in [-0.2, 0) is 4.79 Å². The number of carbonyl (C=O) groups excluding carboxylic acids is 1. The van der Waals surface area contributed by atoms with Gasteiger partial charge in [0.05, 0.1) is 5.25 Å². The molecule has 0 aromatic carbocycles. The van der Waals surface area contributed by atoms with E-state index >= 15 is 0 Å². The molecule has 2 heterocycles. The lowest BCUT2D eigenvalue weighted by Gasteiger charge is -2.21. The van der Waals surface area contributed by atoms with E-state index in [2.05, 4.69) is 28.6 Å². The van der Waals surface area contributed by atoms with Crippen LogP contribution in [0.2, 0.25) is 0 Å². The molecule has 0 N–H and O–H groups in total. The lowest BCUT2D eigenvalue weighted by molar-refractivity contribution is -0.129. The predicted molar refractivity (Wildman–Crippen MR) is 85.9 cm³/mol. The van der Waals surface area contributed by atoms with Crippen molar-refractivity contribution in [3.05, 3.63) is 0 Å². The zero-order valence-electron chi connectivity index (χ0n) is 13.5. The Labute approximate surface area is 130 Å². The van der Waals surface area contributed by atoms with Gasteiger partial charge in [0.15, 0.2) is 5.16 Å². The maximum Gasteiger partial charge on any atom is 0.235 e. The molecule has 0 saturated carbocycles. The molecule has 21 heavy (non-hydrogen) atoms. The third-order valence-electron chi connectivity index (χ3n) is 3.61. The number of hydrogen-bond acceptors (Lipinski definition) is 5. The van der Waals surface area contributed by atoms with Crippen LogP contribution < -0.4 is 4.90 Å². The number of anilines is 1. The number of nitrogens with zero attached hydrogens (tertiary/aromatic N) is 5. The molecule has 1 aromatic rings. The van der Waals surface area contributed by atoms with E-state index < -0.39 is 0 Å². The van der Waals surface area contributed by atoms with Gasteiger partial charge in [-0.3, -0.25) is 9.36 Å². The number of carbonyl (C=O) groups is 1. The molecular formula is C14H25N5OS. The van der Waals surface area contributed by atoms with Gasteiger partial charge in [0, 0.05) is 33.2 Å². The molecule has 7 heteroatoms. The second-order valence-electron chi connectivity index (χ2n) is 5.93. The zero-order valence-corrected chi connectivity index (χ0v) is 14.4. The Bertz CT molecular complexity index is 494. The summed E-state index contributed by atoms with van der Waals surface area (Å²) < 4.78 is 2.08. The largest absolute Gasteiger partial charge is 0.347 e. The summed E-state index contributed by atoms with van der Waals surface area (Å²) in [6.45, 7) is 7.95. The standard InChI is InChI=1S/C14H25N5OS/c1-10(2)19-13(17(4)5)15-16-14(19)21-11(3)12(20)18-8-6-7-9-18/h10-11H,6-9H2,1-5H3. The first-order chi connectivity index (χ1) is 9.91. The van der Waals surface area contributed by atoms with Crippen molar-refractivity contribution < 1.29 is 4.79 Å². The second kappa shape index (κ2) is 6.68. The van der Waals surface area contributed by atoms with E-state index in [-0.39, 0.29) is 17.2 Å². The monoisotopic (exact) mass is 311 g/mol.